The van der Waals surface area contributed by atoms with E-state index in [1.54, 1.807) is 7.11 Å². The Morgan fingerprint density at radius 2 is 2.10 bits per heavy atom. The third kappa shape index (κ3) is 5.28. The monoisotopic (exact) mass is 425 g/mol. The second kappa shape index (κ2) is 9.45. The summed E-state index contributed by atoms with van der Waals surface area (Å²) in [6.45, 7) is 3.38. The van der Waals surface area contributed by atoms with E-state index >= 15 is 0 Å². The molecule has 0 aliphatic carbocycles. The highest BCUT2D eigenvalue weighted by Gasteiger charge is 2.16. The van der Waals surface area contributed by atoms with Crippen LogP contribution in [0.15, 0.2) is 29.3 Å². The predicted molar refractivity (Wildman–Crippen MR) is 95.5 cm³/mol. The summed E-state index contributed by atoms with van der Waals surface area (Å²) in [4.78, 5) is 6.43. The number of guanidine groups is 1. The van der Waals surface area contributed by atoms with E-state index in [1.165, 1.54) is 0 Å². The van der Waals surface area contributed by atoms with Crippen LogP contribution in [0.5, 0.6) is 0 Å². The third-order valence-electron chi connectivity index (χ3n) is 3.29. The Morgan fingerprint density at radius 1 is 1.43 bits per heavy atom. The highest BCUT2D eigenvalue weighted by molar-refractivity contribution is 14.0. The van der Waals surface area contributed by atoms with E-state index in [1.807, 2.05) is 29.2 Å². The van der Waals surface area contributed by atoms with Gasteiger partial charge in [0.25, 0.3) is 0 Å². The van der Waals surface area contributed by atoms with Crippen molar-refractivity contribution in [1.82, 2.24) is 4.90 Å². The van der Waals surface area contributed by atoms with Crippen LogP contribution in [-0.2, 0) is 9.47 Å². The van der Waals surface area contributed by atoms with Crippen molar-refractivity contribution in [3.8, 4) is 0 Å². The van der Waals surface area contributed by atoms with Gasteiger partial charge < -0.3 is 20.1 Å². The number of ether oxygens (including phenoxy) is 2. The summed E-state index contributed by atoms with van der Waals surface area (Å²) in [6.07, 6.45) is -0.191. The molecule has 1 aliphatic heterocycles. The van der Waals surface area contributed by atoms with Crippen LogP contribution in [0.2, 0.25) is 5.02 Å². The lowest BCUT2D eigenvalue weighted by Gasteiger charge is -2.28. The number of hydrogen-bond donors (Lipinski definition) is 1. The quantitative estimate of drug-likeness (QED) is 0.457. The molecule has 0 bridgehead atoms. The van der Waals surface area contributed by atoms with Crippen molar-refractivity contribution in [2.45, 2.75) is 6.10 Å². The average Bonchev–Trinajstić information content (AvgIpc) is 2.50. The molecule has 2 rings (SSSR count). The Balaban J connectivity index is 0.00000220. The minimum atomic E-state index is -0.191. The first-order valence-corrected chi connectivity index (χ1v) is 7.00. The Labute approximate surface area is 147 Å². The summed E-state index contributed by atoms with van der Waals surface area (Å²) >= 11 is 6.18. The predicted octanol–water partition coefficient (Wildman–Crippen LogP) is 2.29. The molecule has 1 atom stereocenters. The van der Waals surface area contributed by atoms with Gasteiger partial charge in [0.2, 0.25) is 0 Å². The van der Waals surface area contributed by atoms with Crippen LogP contribution in [0.4, 0.5) is 0 Å². The van der Waals surface area contributed by atoms with Crippen molar-refractivity contribution < 1.29 is 9.47 Å². The van der Waals surface area contributed by atoms with E-state index in [0.29, 0.717) is 30.7 Å². The van der Waals surface area contributed by atoms with Gasteiger partial charge in [-0.2, -0.15) is 0 Å². The topological polar surface area (TPSA) is 60.1 Å². The summed E-state index contributed by atoms with van der Waals surface area (Å²) < 4.78 is 10.8. The first-order chi connectivity index (χ1) is 9.72. The molecular weight excluding hydrogens is 405 g/mol. The molecular formula is C14H21ClIN3O2. The van der Waals surface area contributed by atoms with Crippen LogP contribution >= 0.6 is 35.6 Å². The molecule has 1 fully saturated rings. The molecule has 1 unspecified atom stereocenters. The molecule has 0 aromatic heterocycles. The van der Waals surface area contributed by atoms with Gasteiger partial charge in [0.1, 0.15) is 6.10 Å². The number of benzene rings is 1. The molecule has 5 nitrogen and oxygen atoms in total. The van der Waals surface area contributed by atoms with Crippen LogP contribution in [0.1, 0.15) is 11.7 Å². The smallest absolute Gasteiger partial charge is 0.191 e. The maximum atomic E-state index is 6.18. The maximum absolute atomic E-state index is 6.18. The van der Waals surface area contributed by atoms with Gasteiger partial charge in [-0.1, -0.05) is 29.8 Å². The number of methoxy groups -OCH3 is 1. The molecule has 0 spiro atoms. The number of nitrogens with two attached hydrogens (primary N) is 1. The fourth-order valence-corrected chi connectivity index (χ4v) is 2.36. The largest absolute Gasteiger partial charge is 0.378 e. The molecule has 0 saturated carbocycles. The highest BCUT2D eigenvalue weighted by atomic mass is 127. The van der Waals surface area contributed by atoms with E-state index < -0.39 is 0 Å². The van der Waals surface area contributed by atoms with Crippen molar-refractivity contribution in [2.24, 2.45) is 10.7 Å². The van der Waals surface area contributed by atoms with E-state index in [9.17, 15) is 0 Å². The fourth-order valence-electron chi connectivity index (χ4n) is 2.10. The van der Waals surface area contributed by atoms with Gasteiger partial charge in [-0.05, 0) is 6.07 Å². The number of halogens is 2. The lowest BCUT2D eigenvalue weighted by atomic mass is 10.1. The van der Waals surface area contributed by atoms with Crippen molar-refractivity contribution in [3.63, 3.8) is 0 Å². The average molecular weight is 426 g/mol. The first-order valence-electron chi connectivity index (χ1n) is 6.62. The van der Waals surface area contributed by atoms with E-state index in [2.05, 4.69) is 4.99 Å². The molecule has 2 N–H and O–H groups in total. The number of aliphatic imine (C=N–C) groups is 1. The Kier molecular flexibility index (Phi) is 8.31. The lowest BCUT2D eigenvalue weighted by Crippen LogP contribution is -2.45. The van der Waals surface area contributed by atoms with Crippen LogP contribution in [0, 0.1) is 0 Å². The highest BCUT2D eigenvalue weighted by Crippen LogP contribution is 2.25. The van der Waals surface area contributed by atoms with Gasteiger partial charge in [0, 0.05) is 30.8 Å². The second-order valence-electron chi connectivity index (χ2n) is 4.54. The zero-order chi connectivity index (χ0) is 14.4. The van der Waals surface area contributed by atoms with E-state index in [4.69, 9.17) is 26.8 Å². The van der Waals surface area contributed by atoms with Gasteiger partial charge >= 0.3 is 0 Å². The molecule has 118 valence electrons. The number of rotatable bonds is 4. The zero-order valence-electron chi connectivity index (χ0n) is 12.0. The van der Waals surface area contributed by atoms with Crippen LogP contribution in [0.25, 0.3) is 0 Å². The SMILES string of the molecule is COC(CN=C(N)N1CCOCC1)c1ccccc1Cl.I. The van der Waals surface area contributed by atoms with Crippen LogP contribution in [-0.4, -0.2) is 50.8 Å². The van der Waals surface area contributed by atoms with Crippen LogP contribution < -0.4 is 5.73 Å². The van der Waals surface area contributed by atoms with Gasteiger partial charge in [-0.15, -0.1) is 24.0 Å². The minimum absolute atomic E-state index is 0. The van der Waals surface area contributed by atoms with Gasteiger partial charge in [-0.3, -0.25) is 4.99 Å². The zero-order valence-corrected chi connectivity index (χ0v) is 15.1. The molecule has 21 heavy (non-hydrogen) atoms. The normalized spacial score (nSPS) is 17.2. The van der Waals surface area contributed by atoms with Gasteiger partial charge in [0.05, 0.1) is 19.8 Å². The lowest BCUT2D eigenvalue weighted by molar-refractivity contribution is 0.0669. The fraction of sp³-hybridized carbons (Fsp3) is 0.500. The van der Waals surface area contributed by atoms with Crippen molar-refractivity contribution in [1.29, 1.82) is 0 Å². The van der Waals surface area contributed by atoms with Crippen molar-refractivity contribution in [3.05, 3.63) is 34.9 Å². The molecule has 7 heteroatoms. The van der Waals surface area contributed by atoms with Gasteiger partial charge in [0.15, 0.2) is 5.96 Å². The van der Waals surface area contributed by atoms with Crippen molar-refractivity contribution >= 4 is 41.5 Å². The van der Waals surface area contributed by atoms with E-state index in [0.717, 1.165) is 18.7 Å². The summed E-state index contributed by atoms with van der Waals surface area (Å²) in [6, 6.07) is 7.61. The minimum Gasteiger partial charge on any atom is -0.378 e. The number of nitrogens with zero attached hydrogens (tertiary/aromatic N) is 2. The Bertz CT molecular complexity index is 467. The first kappa shape index (κ1) is 18.5. The molecule has 1 saturated heterocycles. The van der Waals surface area contributed by atoms with E-state index in [-0.39, 0.29) is 30.1 Å². The number of morpholine rings is 1. The number of hydrogen-bond acceptors (Lipinski definition) is 3. The van der Waals surface area contributed by atoms with Gasteiger partial charge in [-0.25, -0.2) is 0 Å². The maximum Gasteiger partial charge on any atom is 0.191 e. The standard InChI is InChI=1S/C14H20ClN3O2.HI/c1-19-13(11-4-2-3-5-12(11)15)10-17-14(16)18-6-8-20-9-7-18;/h2-5,13H,6-10H2,1H3,(H2,16,17);1H. The van der Waals surface area contributed by atoms with Crippen LogP contribution in [0.3, 0.4) is 0 Å². The summed E-state index contributed by atoms with van der Waals surface area (Å²) in [5.41, 5.74) is 6.93. The molecule has 1 aromatic carbocycles. The molecule has 1 aromatic rings. The summed E-state index contributed by atoms with van der Waals surface area (Å²) in [7, 11) is 1.65. The summed E-state index contributed by atoms with van der Waals surface area (Å²) in [5, 5.41) is 0.680. The summed E-state index contributed by atoms with van der Waals surface area (Å²) in [5.74, 6) is 0.530. The molecule has 1 aliphatic rings. The Morgan fingerprint density at radius 3 is 2.71 bits per heavy atom. The Hall–Kier alpha value is -0.570. The second-order valence-corrected chi connectivity index (χ2v) is 4.95. The molecule has 0 radical (unpaired) electrons. The molecule has 1 heterocycles. The van der Waals surface area contributed by atoms with Crippen molar-refractivity contribution in [2.75, 3.05) is 40.0 Å². The molecule has 0 amide bonds. The third-order valence-corrected chi connectivity index (χ3v) is 3.64.